The summed E-state index contributed by atoms with van der Waals surface area (Å²) >= 11 is 0. The lowest BCUT2D eigenvalue weighted by atomic mass is 10.2. The molecule has 2 rings (SSSR count). The van der Waals surface area contributed by atoms with Gasteiger partial charge in [0.2, 0.25) is 0 Å². The van der Waals surface area contributed by atoms with Gasteiger partial charge in [-0.2, -0.15) is 0 Å². The normalized spacial score (nSPS) is 10.2. The predicted octanol–water partition coefficient (Wildman–Crippen LogP) is 1.12. The summed E-state index contributed by atoms with van der Waals surface area (Å²) in [5.41, 5.74) is 5.09. The summed E-state index contributed by atoms with van der Waals surface area (Å²) in [5.74, 6) is -0.0563. The molecule has 0 atom stereocenters. The van der Waals surface area contributed by atoms with Crippen LogP contribution < -0.4 is 11.1 Å². The van der Waals surface area contributed by atoms with Gasteiger partial charge in [0.15, 0.2) is 5.82 Å². The van der Waals surface area contributed by atoms with Crippen molar-refractivity contribution in [2.24, 2.45) is 0 Å². The van der Waals surface area contributed by atoms with E-state index in [2.05, 4.69) is 15.5 Å². The fourth-order valence-electron chi connectivity index (χ4n) is 1.35. The summed E-state index contributed by atoms with van der Waals surface area (Å²) in [6, 6.07) is 2.55. The number of nitro groups is 1. The maximum atomic E-state index is 11.9. The van der Waals surface area contributed by atoms with E-state index in [0.717, 1.165) is 12.3 Å². The molecule has 9 nitrogen and oxygen atoms in total. The predicted molar refractivity (Wildman–Crippen MR) is 64.5 cm³/mol. The largest absolute Gasteiger partial charge is 0.383 e. The molecule has 0 radical (unpaired) electrons. The van der Waals surface area contributed by atoms with E-state index in [9.17, 15) is 14.9 Å². The van der Waals surface area contributed by atoms with Crippen molar-refractivity contribution in [3.05, 3.63) is 39.8 Å². The van der Waals surface area contributed by atoms with E-state index in [-0.39, 0.29) is 22.9 Å². The third kappa shape index (κ3) is 2.65. The molecule has 0 saturated heterocycles. The summed E-state index contributed by atoms with van der Waals surface area (Å²) < 4.78 is 4.77. The van der Waals surface area contributed by atoms with E-state index >= 15 is 0 Å². The molecule has 0 spiro atoms. The fourth-order valence-corrected chi connectivity index (χ4v) is 1.35. The number of aryl methyl sites for hydroxylation is 1. The summed E-state index contributed by atoms with van der Waals surface area (Å²) in [4.78, 5) is 25.4. The number of carbonyl (C=O) groups excluding carboxylic acids is 1. The minimum absolute atomic E-state index is 0.102. The second-order valence-corrected chi connectivity index (χ2v) is 3.66. The van der Waals surface area contributed by atoms with Crippen LogP contribution in [0.2, 0.25) is 0 Å². The number of aromatic nitrogens is 2. The van der Waals surface area contributed by atoms with Crippen LogP contribution in [0.25, 0.3) is 0 Å². The number of nitrogens with two attached hydrogens (primary N) is 1. The van der Waals surface area contributed by atoms with Crippen LogP contribution in [0.3, 0.4) is 0 Å². The lowest BCUT2D eigenvalue weighted by molar-refractivity contribution is -0.385. The number of nitrogens with zero attached hydrogens (tertiary/aromatic N) is 3. The minimum Gasteiger partial charge on any atom is -0.383 e. The average molecular weight is 263 g/mol. The first-order chi connectivity index (χ1) is 8.97. The maximum Gasteiger partial charge on any atom is 0.288 e. The Labute approximate surface area is 106 Å². The molecular formula is C10H9N5O4. The van der Waals surface area contributed by atoms with Crippen LogP contribution in [0.1, 0.15) is 16.1 Å². The molecule has 0 aliphatic heterocycles. The summed E-state index contributed by atoms with van der Waals surface area (Å²) in [7, 11) is 0. The Morgan fingerprint density at radius 2 is 2.26 bits per heavy atom. The highest BCUT2D eigenvalue weighted by Crippen LogP contribution is 2.18. The van der Waals surface area contributed by atoms with Crippen molar-refractivity contribution in [1.29, 1.82) is 0 Å². The number of hydrogen-bond acceptors (Lipinski definition) is 7. The molecule has 2 aromatic rings. The number of hydrogen-bond donors (Lipinski definition) is 2. The van der Waals surface area contributed by atoms with Crippen molar-refractivity contribution in [3.63, 3.8) is 0 Å². The molecule has 0 aliphatic rings. The maximum absolute atomic E-state index is 11.9. The standard InChI is InChI=1S/C10H9N5O4/c1-5-2-8(14-19-5)13-10(16)7-3-6(15(17)18)4-12-9(7)11/h2-4H,1H3,(H2,11,12)(H,13,14,16). The Hall–Kier alpha value is -2.97. The zero-order chi connectivity index (χ0) is 14.0. The van der Waals surface area contributed by atoms with E-state index in [1.807, 2.05) is 0 Å². The fraction of sp³-hybridized carbons (Fsp3) is 0.100. The molecule has 2 heterocycles. The van der Waals surface area contributed by atoms with Crippen molar-refractivity contribution in [3.8, 4) is 0 Å². The third-order valence-corrected chi connectivity index (χ3v) is 2.23. The number of pyridine rings is 1. The zero-order valence-corrected chi connectivity index (χ0v) is 9.78. The average Bonchev–Trinajstić information content (AvgIpc) is 2.74. The van der Waals surface area contributed by atoms with Crippen LogP contribution >= 0.6 is 0 Å². The molecule has 9 heteroatoms. The Morgan fingerprint density at radius 3 is 2.84 bits per heavy atom. The van der Waals surface area contributed by atoms with Gasteiger partial charge in [-0.3, -0.25) is 14.9 Å². The molecule has 0 aromatic carbocycles. The Balaban J connectivity index is 2.27. The van der Waals surface area contributed by atoms with Gasteiger partial charge in [0.25, 0.3) is 11.6 Å². The Kier molecular flexibility index (Phi) is 3.10. The minimum atomic E-state index is -0.663. The van der Waals surface area contributed by atoms with E-state index < -0.39 is 10.8 Å². The number of nitrogen functional groups attached to an aromatic ring is 1. The van der Waals surface area contributed by atoms with Gasteiger partial charge < -0.3 is 15.6 Å². The molecule has 0 saturated carbocycles. The number of nitrogens with one attached hydrogen (secondary N) is 1. The van der Waals surface area contributed by atoms with Crippen molar-refractivity contribution in [2.45, 2.75) is 6.92 Å². The van der Waals surface area contributed by atoms with Gasteiger partial charge in [-0.15, -0.1) is 0 Å². The van der Waals surface area contributed by atoms with Crippen molar-refractivity contribution in [2.75, 3.05) is 11.1 Å². The lowest BCUT2D eigenvalue weighted by Crippen LogP contribution is -2.15. The third-order valence-electron chi connectivity index (χ3n) is 2.23. The summed E-state index contributed by atoms with van der Waals surface area (Å²) in [6.45, 7) is 1.66. The summed E-state index contributed by atoms with van der Waals surface area (Å²) in [6.07, 6.45) is 0.979. The van der Waals surface area contributed by atoms with Crippen LogP contribution in [-0.4, -0.2) is 21.0 Å². The molecule has 0 bridgehead atoms. The van der Waals surface area contributed by atoms with Gasteiger partial charge in [-0.25, -0.2) is 4.98 Å². The van der Waals surface area contributed by atoms with E-state index in [1.54, 1.807) is 6.92 Å². The van der Waals surface area contributed by atoms with Gasteiger partial charge in [-0.05, 0) is 6.92 Å². The first-order valence-corrected chi connectivity index (χ1v) is 5.12. The lowest BCUT2D eigenvalue weighted by Gasteiger charge is -2.03. The smallest absolute Gasteiger partial charge is 0.288 e. The van der Waals surface area contributed by atoms with Gasteiger partial charge in [-0.1, -0.05) is 5.16 Å². The van der Waals surface area contributed by atoms with Crippen LogP contribution in [0.5, 0.6) is 0 Å². The molecule has 0 aliphatic carbocycles. The first-order valence-electron chi connectivity index (χ1n) is 5.12. The van der Waals surface area contributed by atoms with E-state index in [1.165, 1.54) is 6.07 Å². The number of carbonyl (C=O) groups is 1. The second kappa shape index (κ2) is 4.72. The molecule has 98 valence electrons. The Bertz CT molecular complexity index is 651. The molecule has 0 fully saturated rings. The van der Waals surface area contributed by atoms with E-state index in [0.29, 0.717) is 5.76 Å². The molecular weight excluding hydrogens is 254 g/mol. The van der Waals surface area contributed by atoms with Gasteiger partial charge in [0, 0.05) is 12.1 Å². The van der Waals surface area contributed by atoms with Crippen molar-refractivity contribution < 1.29 is 14.2 Å². The van der Waals surface area contributed by atoms with Crippen molar-refractivity contribution >= 4 is 23.2 Å². The van der Waals surface area contributed by atoms with E-state index in [4.69, 9.17) is 10.3 Å². The molecule has 19 heavy (non-hydrogen) atoms. The quantitative estimate of drug-likeness (QED) is 0.625. The number of rotatable bonds is 3. The second-order valence-electron chi connectivity index (χ2n) is 3.66. The van der Waals surface area contributed by atoms with Gasteiger partial charge in [0.05, 0.1) is 10.5 Å². The SMILES string of the molecule is Cc1cc(NC(=O)c2cc([N+](=O)[O-])cnc2N)no1. The molecule has 2 aromatic heterocycles. The van der Waals surface area contributed by atoms with Gasteiger partial charge >= 0.3 is 0 Å². The monoisotopic (exact) mass is 263 g/mol. The van der Waals surface area contributed by atoms with Crippen LogP contribution in [0.4, 0.5) is 17.3 Å². The number of amides is 1. The van der Waals surface area contributed by atoms with Crippen LogP contribution in [0.15, 0.2) is 22.9 Å². The number of anilines is 2. The molecule has 1 amide bonds. The first kappa shape index (κ1) is 12.5. The van der Waals surface area contributed by atoms with Crippen LogP contribution in [-0.2, 0) is 0 Å². The van der Waals surface area contributed by atoms with Gasteiger partial charge in [0.1, 0.15) is 17.8 Å². The van der Waals surface area contributed by atoms with Crippen LogP contribution in [0, 0.1) is 17.0 Å². The highest BCUT2D eigenvalue weighted by molar-refractivity contribution is 6.07. The zero-order valence-electron chi connectivity index (χ0n) is 9.78. The topological polar surface area (TPSA) is 137 Å². The molecule has 0 unspecified atom stereocenters. The van der Waals surface area contributed by atoms with Crippen molar-refractivity contribution in [1.82, 2.24) is 10.1 Å². The molecule has 3 N–H and O–H groups in total. The highest BCUT2D eigenvalue weighted by Gasteiger charge is 2.17. The highest BCUT2D eigenvalue weighted by atomic mass is 16.6. The summed E-state index contributed by atoms with van der Waals surface area (Å²) in [5, 5.41) is 16.6. The Morgan fingerprint density at radius 1 is 1.53 bits per heavy atom.